The first kappa shape index (κ1) is 19.2. The van der Waals surface area contributed by atoms with Crippen LogP contribution in [0.25, 0.3) is 11.0 Å². The molecule has 0 atom stereocenters. The molecule has 2 rings (SSSR count). The van der Waals surface area contributed by atoms with Crippen molar-refractivity contribution in [3.8, 4) is 11.5 Å². The van der Waals surface area contributed by atoms with E-state index in [1.165, 1.54) is 31.2 Å². The van der Waals surface area contributed by atoms with Gasteiger partial charge in [-0.05, 0) is 24.5 Å². The fourth-order valence-electron chi connectivity index (χ4n) is 1.82. The van der Waals surface area contributed by atoms with Gasteiger partial charge in [0, 0.05) is 23.1 Å². The number of ether oxygens (including phenoxy) is 3. The summed E-state index contributed by atoms with van der Waals surface area (Å²) in [5, 5.41) is 0.490. The Balaban J connectivity index is 2.36. The zero-order valence-corrected chi connectivity index (χ0v) is 15.1. The highest BCUT2D eigenvalue weighted by Gasteiger charge is 2.19. The summed E-state index contributed by atoms with van der Waals surface area (Å²) in [5.41, 5.74) is -0.465. The highest BCUT2D eigenvalue weighted by atomic mass is 16.7. The minimum absolute atomic E-state index is 0.0212. The van der Waals surface area contributed by atoms with Gasteiger partial charge in [-0.3, -0.25) is 0 Å². The van der Waals surface area contributed by atoms with Crippen LogP contribution in [0.4, 0.5) is 4.79 Å². The lowest BCUT2D eigenvalue weighted by molar-refractivity contribution is -0.130. The average molecular weight is 360 g/mol. The van der Waals surface area contributed by atoms with Crippen molar-refractivity contribution in [2.24, 2.45) is 5.41 Å². The Bertz CT molecular complexity index is 916. The highest BCUT2D eigenvalue weighted by molar-refractivity contribution is 5.90. The molecular weight excluding hydrogens is 340 g/mol. The molecule has 0 bridgehead atoms. The van der Waals surface area contributed by atoms with Gasteiger partial charge in [-0.2, -0.15) is 0 Å². The molecule has 0 saturated heterocycles. The Labute approximate surface area is 150 Å². The lowest BCUT2D eigenvalue weighted by atomic mass is 9.99. The van der Waals surface area contributed by atoms with E-state index in [1.807, 2.05) is 20.8 Å². The van der Waals surface area contributed by atoms with Crippen LogP contribution >= 0.6 is 0 Å². The lowest BCUT2D eigenvalue weighted by Gasteiger charge is -2.18. The van der Waals surface area contributed by atoms with Gasteiger partial charge in [0.05, 0.1) is 6.61 Å². The molecule has 0 aliphatic rings. The van der Waals surface area contributed by atoms with Crippen LogP contribution in [-0.2, 0) is 9.53 Å². The fourth-order valence-corrected chi connectivity index (χ4v) is 1.82. The molecule has 0 aliphatic carbocycles. The van der Waals surface area contributed by atoms with E-state index in [1.54, 1.807) is 0 Å². The average Bonchev–Trinajstić information content (AvgIpc) is 2.53. The van der Waals surface area contributed by atoms with E-state index in [9.17, 15) is 14.4 Å². The first-order valence-corrected chi connectivity index (χ1v) is 7.85. The van der Waals surface area contributed by atoms with Gasteiger partial charge in [0.25, 0.3) is 0 Å². The first-order valence-electron chi connectivity index (χ1n) is 7.85. The van der Waals surface area contributed by atoms with E-state index in [-0.39, 0.29) is 34.7 Å². The molecule has 0 aliphatic heterocycles. The number of rotatable bonds is 4. The van der Waals surface area contributed by atoms with Crippen LogP contribution in [0.2, 0.25) is 0 Å². The monoisotopic (exact) mass is 360 g/mol. The van der Waals surface area contributed by atoms with Crippen LogP contribution in [0, 0.1) is 5.41 Å². The van der Waals surface area contributed by atoms with Crippen molar-refractivity contribution in [1.82, 2.24) is 0 Å². The van der Waals surface area contributed by atoms with Gasteiger partial charge in [0.15, 0.2) is 11.5 Å². The fraction of sp³-hybridized carbons (Fsp3) is 0.316. The maximum atomic E-state index is 11.9. The molecule has 0 N–H and O–H groups in total. The molecule has 1 aromatic heterocycles. The van der Waals surface area contributed by atoms with Crippen molar-refractivity contribution in [3.05, 3.63) is 46.8 Å². The van der Waals surface area contributed by atoms with Gasteiger partial charge >= 0.3 is 17.8 Å². The third kappa shape index (κ3) is 5.20. The van der Waals surface area contributed by atoms with Gasteiger partial charge in [-0.1, -0.05) is 27.4 Å². The molecule has 138 valence electrons. The molecule has 0 radical (unpaired) electrons. The minimum Gasteiger partial charge on any atom is -0.433 e. The maximum Gasteiger partial charge on any atom is 0.513 e. The zero-order valence-electron chi connectivity index (χ0n) is 15.1. The topological polar surface area (TPSA) is 92.0 Å². The highest BCUT2D eigenvalue weighted by Crippen LogP contribution is 2.33. The summed E-state index contributed by atoms with van der Waals surface area (Å²) in [6, 6.07) is 5.44. The van der Waals surface area contributed by atoms with E-state index in [0.29, 0.717) is 5.39 Å². The molecule has 0 fully saturated rings. The second-order valence-corrected chi connectivity index (χ2v) is 6.96. The van der Waals surface area contributed by atoms with Crippen LogP contribution in [0.15, 0.2) is 45.6 Å². The third-order valence-electron chi connectivity index (χ3n) is 3.05. The molecule has 1 heterocycles. The lowest BCUT2D eigenvalue weighted by Crippen LogP contribution is -2.21. The maximum absolute atomic E-state index is 11.9. The second kappa shape index (κ2) is 7.43. The number of esters is 1. The SMILES string of the molecule is C=C(C)C(=O)Oc1cc2ccc(=O)oc2cc1OC(=O)OCC(C)(C)C. The van der Waals surface area contributed by atoms with Crippen molar-refractivity contribution >= 4 is 23.1 Å². The van der Waals surface area contributed by atoms with Gasteiger partial charge in [0.2, 0.25) is 0 Å². The summed E-state index contributed by atoms with van der Waals surface area (Å²) in [5.74, 6) is -0.818. The Hall–Kier alpha value is -3.09. The Morgan fingerprint density at radius 1 is 1.12 bits per heavy atom. The number of hydrogen-bond donors (Lipinski definition) is 0. The molecule has 0 saturated carbocycles. The second-order valence-electron chi connectivity index (χ2n) is 6.96. The van der Waals surface area contributed by atoms with Crippen molar-refractivity contribution in [3.63, 3.8) is 0 Å². The summed E-state index contributed by atoms with van der Waals surface area (Å²) >= 11 is 0. The van der Waals surface area contributed by atoms with Crippen molar-refractivity contribution in [1.29, 1.82) is 0 Å². The van der Waals surface area contributed by atoms with Crippen molar-refractivity contribution in [2.45, 2.75) is 27.7 Å². The number of carbonyl (C=O) groups excluding carboxylic acids is 2. The van der Waals surface area contributed by atoms with Crippen LogP contribution in [0.5, 0.6) is 11.5 Å². The third-order valence-corrected chi connectivity index (χ3v) is 3.05. The normalized spacial score (nSPS) is 11.1. The van der Waals surface area contributed by atoms with Gasteiger partial charge in [-0.25, -0.2) is 14.4 Å². The molecule has 7 nitrogen and oxygen atoms in total. The van der Waals surface area contributed by atoms with Crippen LogP contribution in [-0.4, -0.2) is 18.7 Å². The molecule has 0 spiro atoms. The number of benzene rings is 1. The Kier molecular flexibility index (Phi) is 5.50. The van der Waals surface area contributed by atoms with E-state index in [2.05, 4.69) is 6.58 Å². The van der Waals surface area contributed by atoms with E-state index in [4.69, 9.17) is 18.6 Å². The van der Waals surface area contributed by atoms with Crippen LogP contribution in [0.3, 0.4) is 0 Å². The van der Waals surface area contributed by atoms with Crippen molar-refractivity contribution < 1.29 is 28.2 Å². The standard InChI is InChI=1S/C19H20O7/c1-11(2)17(21)25-14-8-12-6-7-16(20)24-13(12)9-15(14)26-18(22)23-10-19(3,4)5/h6-9H,1,10H2,2-5H3. The summed E-state index contributed by atoms with van der Waals surface area (Å²) in [7, 11) is 0. The molecule has 0 amide bonds. The number of carbonyl (C=O) groups is 2. The predicted molar refractivity (Wildman–Crippen MR) is 94.4 cm³/mol. The number of fused-ring (bicyclic) bond motifs is 1. The largest absolute Gasteiger partial charge is 0.513 e. The Morgan fingerprint density at radius 2 is 1.77 bits per heavy atom. The van der Waals surface area contributed by atoms with E-state index in [0.717, 1.165) is 0 Å². The number of hydrogen-bond acceptors (Lipinski definition) is 7. The summed E-state index contributed by atoms with van der Waals surface area (Å²) < 4.78 is 20.4. The predicted octanol–water partition coefficient (Wildman–Crippen LogP) is 3.84. The Morgan fingerprint density at radius 3 is 2.38 bits per heavy atom. The molecular formula is C19H20O7. The molecule has 7 heteroatoms. The summed E-state index contributed by atoms with van der Waals surface area (Å²) in [6.07, 6.45) is -0.967. The zero-order chi connectivity index (χ0) is 19.5. The molecule has 0 unspecified atom stereocenters. The smallest absolute Gasteiger partial charge is 0.433 e. The summed E-state index contributed by atoms with van der Waals surface area (Å²) in [4.78, 5) is 35.2. The summed E-state index contributed by atoms with van der Waals surface area (Å²) in [6.45, 7) is 10.8. The molecule has 1 aromatic carbocycles. The first-order chi connectivity index (χ1) is 12.0. The van der Waals surface area contributed by atoms with Gasteiger partial charge in [-0.15, -0.1) is 0 Å². The molecule has 26 heavy (non-hydrogen) atoms. The minimum atomic E-state index is -0.967. The van der Waals surface area contributed by atoms with E-state index >= 15 is 0 Å². The van der Waals surface area contributed by atoms with E-state index < -0.39 is 17.8 Å². The van der Waals surface area contributed by atoms with Crippen LogP contribution in [0.1, 0.15) is 27.7 Å². The molecule has 2 aromatic rings. The van der Waals surface area contributed by atoms with Gasteiger partial charge in [0.1, 0.15) is 5.58 Å². The van der Waals surface area contributed by atoms with Crippen LogP contribution < -0.4 is 15.1 Å². The van der Waals surface area contributed by atoms with Gasteiger partial charge < -0.3 is 18.6 Å². The van der Waals surface area contributed by atoms with Crippen molar-refractivity contribution in [2.75, 3.05) is 6.61 Å². The quantitative estimate of drug-likeness (QED) is 0.269.